The van der Waals surface area contributed by atoms with Gasteiger partial charge in [-0.3, -0.25) is 9.69 Å². The molecule has 4 aromatic rings. The van der Waals surface area contributed by atoms with E-state index in [-0.39, 0.29) is 39.7 Å². The minimum Gasteiger partial charge on any atom is -0.478 e. The number of aromatic nitrogens is 4. The summed E-state index contributed by atoms with van der Waals surface area (Å²) in [6, 6.07) is 3.75. The van der Waals surface area contributed by atoms with Crippen molar-refractivity contribution in [3.05, 3.63) is 82.3 Å². The van der Waals surface area contributed by atoms with E-state index in [2.05, 4.69) is 37.4 Å². The summed E-state index contributed by atoms with van der Waals surface area (Å²) in [6.45, 7) is 4.53. The molecule has 0 radical (unpaired) electrons. The number of carbonyl (C=O) groups is 4. The van der Waals surface area contributed by atoms with Gasteiger partial charge in [-0.15, -0.1) is 0 Å². The first-order valence-corrected chi connectivity index (χ1v) is 16.4. The maximum atomic E-state index is 14.6. The number of carboxylic acids is 2. The zero-order chi connectivity index (χ0) is 39.0. The number of H-pyrrole nitrogens is 1. The fourth-order valence-corrected chi connectivity index (χ4v) is 7.07. The maximum Gasteiger partial charge on any atom is 0.416 e. The largest absolute Gasteiger partial charge is 0.478 e. The number of rotatable bonds is 10. The SMILES string of the molecule is C=C(F)/C=C(\c1[nH]c2ncc(-c3cnc4c(c3)c(=O)c(C(=O)O)cn4C)c(N3CC[C@H]4CN(C)C[C@H]43)c2c1C#N)N(C)C(=O)OCOC(=O)/C=C/C(=O)O. The van der Waals surface area contributed by atoms with Gasteiger partial charge in [0.05, 0.1) is 33.4 Å². The number of fused-ring (bicyclic) bond motifs is 3. The van der Waals surface area contributed by atoms with E-state index in [0.29, 0.717) is 53.4 Å². The molecule has 0 aliphatic carbocycles. The van der Waals surface area contributed by atoms with Crippen LogP contribution >= 0.6 is 0 Å². The van der Waals surface area contributed by atoms with Crippen molar-refractivity contribution < 1.29 is 43.3 Å². The van der Waals surface area contributed by atoms with Gasteiger partial charge in [-0.1, -0.05) is 6.58 Å². The van der Waals surface area contributed by atoms with Crippen molar-refractivity contribution in [2.75, 3.05) is 45.4 Å². The molecule has 2 aliphatic heterocycles. The van der Waals surface area contributed by atoms with Crippen LogP contribution < -0.4 is 10.3 Å². The molecule has 278 valence electrons. The molecule has 2 atom stereocenters. The van der Waals surface area contributed by atoms with Crippen LogP contribution in [0.25, 0.3) is 38.9 Å². The third-order valence-electron chi connectivity index (χ3n) is 9.41. The number of esters is 1. The molecule has 54 heavy (non-hydrogen) atoms. The fourth-order valence-electron chi connectivity index (χ4n) is 7.07. The summed E-state index contributed by atoms with van der Waals surface area (Å²) < 4.78 is 25.7. The number of anilines is 1. The van der Waals surface area contributed by atoms with E-state index in [1.165, 1.54) is 24.0 Å². The molecular formula is C36H33FN8O9. The molecule has 4 aromatic heterocycles. The summed E-state index contributed by atoms with van der Waals surface area (Å²) in [5, 5.41) is 29.5. The van der Waals surface area contributed by atoms with Crippen molar-refractivity contribution in [2.24, 2.45) is 13.0 Å². The van der Waals surface area contributed by atoms with E-state index in [1.807, 2.05) is 7.05 Å². The van der Waals surface area contributed by atoms with E-state index in [0.717, 1.165) is 23.9 Å². The number of hydrogen-bond donors (Lipinski definition) is 3. The highest BCUT2D eigenvalue weighted by molar-refractivity contribution is 6.06. The van der Waals surface area contributed by atoms with E-state index in [1.54, 1.807) is 19.3 Å². The lowest BCUT2D eigenvalue weighted by molar-refractivity contribution is -0.146. The third-order valence-corrected chi connectivity index (χ3v) is 9.41. The Bertz CT molecular complexity index is 2430. The Labute approximate surface area is 305 Å². The molecule has 6 rings (SSSR count). The monoisotopic (exact) mass is 740 g/mol. The zero-order valence-corrected chi connectivity index (χ0v) is 29.2. The topological polar surface area (TPSA) is 224 Å². The average molecular weight is 741 g/mol. The lowest BCUT2D eigenvalue weighted by Gasteiger charge is -2.29. The van der Waals surface area contributed by atoms with Crippen LogP contribution in [0, 0.1) is 17.2 Å². The second-order valence-corrected chi connectivity index (χ2v) is 12.8. The average Bonchev–Trinajstić information content (AvgIpc) is 3.81. The number of ether oxygens (including phenoxy) is 2. The molecule has 0 bridgehead atoms. The van der Waals surface area contributed by atoms with Crippen molar-refractivity contribution in [3.63, 3.8) is 0 Å². The van der Waals surface area contributed by atoms with Crippen LogP contribution in [0.5, 0.6) is 0 Å². The molecule has 2 aliphatic rings. The molecule has 3 N–H and O–H groups in total. The van der Waals surface area contributed by atoms with Crippen molar-refractivity contribution in [3.8, 4) is 17.2 Å². The zero-order valence-electron chi connectivity index (χ0n) is 29.2. The minimum absolute atomic E-state index is 0.0145. The molecule has 17 nitrogen and oxygen atoms in total. The minimum atomic E-state index is -1.39. The highest BCUT2D eigenvalue weighted by Gasteiger charge is 2.42. The van der Waals surface area contributed by atoms with Crippen LogP contribution in [0.3, 0.4) is 0 Å². The molecule has 0 unspecified atom stereocenters. The number of nitriles is 1. The quantitative estimate of drug-likeness (QED) is 0.0919. The number of likely N-dealkylation sites (N-methyl/N-ethyl adjacent to an activating group) is 1. The summed E-state index contributed by atoms with van der Waals surface area (Å²) in [5.74, 6) is -4.56. The third kappa shape index (κ3) is 6.87. The molecule has 2 fully saturated rings. The van der Waals surface area contributed by atoms with Gasteiger partial charge in [0, 0.05) is 81.6 Å². The number of likely N-dealkylation sites (tertiary alicyclic amines) is 1. The van der Waals surface area contributed by atoms with Crippen molar-refractivity contribution in [2.45, 2.75) is 12.5 Å². The number of aromatic carboxylic acids is 1. The van der Waals surface area contributed by atoms with Gasteiger partial charge >= 0.3 is 24.0 Å². The summed E-state index contributed by atoms with van der Waals surface area (Å²) in [7, 11) is 4.82. The Morgan fingerprint density at radius 2 is 1.93 bits per heavy atom. The van der Waals surface area contributed by atoms with Crippen LogP contribution in [0.2, 0.25) is 0 Å². The number of aromatic amines is 1. The predicted octanol–water partition coefficient (Wildman–Crippen LogP) is 3.22. The Morgan fingerprint density at radius 3 is 2.61 bits per heavy atom. The summed E-state index contributed by atoms with van der Waals surface area (Å²) >= 11 is 0. The second-order valence-electron chi connectivity index (χ2n) is 12.8. The number of halogens is 1. The first-order valence-electron chi connectivity index (χ1n) is 16.4. The summed E-state index contributed by atoms with van der Waals surface area (Å²) in [6.07, 6.45) is 6.05. The Balaban J connectivity index is 1.50. The van der Waals surface area contributed by atoms with Crippen LogP contribution in [-0.4, -0.2) is 110 Å². The summed E-state index contributed by atoms with van der Waals surface area (Å²) in [4.78, 5) is 78.1. The van der Waals surface area contributed by atoms with Gasteiger partial charge in [-0.25, -0.2) is 33.5 Å². The van der Waals surface area contributed by atoms with Gasteiger partial charge in [-0.2, -0.15) is 5.26 Å². The smallest absolute Gasteiger partial charge is 0.416 e. The van der Waals surface area contributed by atoms with Gasteiger partial charge in [-0.05, 0) is 31.5 Å². The van der Waals surface area contributed by atoms with Crippen LogP contribution in [0.15, 0.2) is 60.1 Å². The molecular weight excluding hydrogens is 707 g/mol. The Kier molecular flexibility index (Phi) is 10.0. The Morgan fingerprint density at radius 1 is 1.17 bits per heavy atom. The number of carboxylic acid groups (broad SMARTS) is 2. The first kappa shape index (κ1) is 36.9. The number of carbonyl (C=O) groups excluding carboxylic acids is 2. The van der Waals surface area contributed by atoms with Gasteiger partial charge in [0.25, 0.3) is 0 Å². The molecule has 6 heterocycles. The van der Waals surface area contributed by atoms with Gasteiger partial charge < -0.3 is 39.0 Å². The normalized spacial score (nSPS) is 17.2. The standard InChI is InChI=1S/C36H33FN8O9/c1-18(37)9-25(44(4)36(52)54-17-53-28(48)6-5-27(46)47)30-22(11-38)29-31(45-8-7-19-14-42(2)16-26(19)45)23(13-39-33(29)41-30)20-10-21-32(49)24(35(50)51)15-43(3)34(21)40-12-20/h5-6,9-10,12-13,15,19,26H,1,7-8,14,16-17H2,2-4H3,(H,39,41)(H,46,47)(H,50,51)/b6-5+,25-9+/t19-,26+/m0/s1. The number of hydrogen-bond acceptors (Lipinski definition) is 12. The highest BCUT2D eigenvalue weighted by atomic mass is 19.1. The second kappa shape index (κ2) is 14.6. The van der Waals surface area contributed by atoms with Crippen LogP contribution in [0.4, 0.5) is 14.9 Å². The van der Waals surface area contributed by atoms with E-state index >= 15 is 0 Å². The lowest BCUT2D eigenvalue weighted by Crippen LogP contribution is -2.35. The van der Waals surface area contributed by atoms with Crippen LogP contribution in [-0.2, 0) is 26.1 Å². The van der Waals surface area contributed by atoms with E-state index in [4.69, 9.17) is 14.6 Å². The van der Waals surface area contributed by atoms with Gasteiger partial charge in [0.15, 0.2) is 0 Å². The van der Waals surface area contributed by atoms with Crippen molar-refractivity contribution >= 4 is 57.5 Å². The number of aliphatic carboxylic acids is 1. The number of allylic oxidation sites excluding steroid dienone is 2. The van der Waals surface area contributed by atoms with E-state index in [9.17, 15) is 38.7 Å². The van der Waals surface area contributed by atoms with Crippen molar-refractivity contribution in [1.82, 2.24) is 29.3 Å². The number of pyridine rings is 3. The van der Waals surface area contributed by atoms with Gasteiger partial charge in [0.2, 0.25) is 12.2 Å². The molecule has 1 amide bonds. The number of amides is 1. The first-order chi connectivity index (χ1) is 25.7. The van der Waals surface area contributed by atoms with Crippen molar-refractivity contribution in [1.29, 1.82) is 5.26 Å². The molecule has 0 spiro atoms. The molecule has 2 saturated heterocycles. The maximum absolute atomic E-state index is 14.6. The van der Waals surface area contributed by atoms with Gasteiger partial charge in [0.1, 0.15) is 28.8 Å². The van der Waals surface area contributed by atoms with E-state index < -0.39 is 47.6 Å². The molecule has 0 aromatic carbocycles. The number of nitrogens with one attached hydrogen (secondary N) is 1. The molecule has 18 heteroatoms. The fraction of sp³-hybridized carbons (Fsp3) is 0.278. The summed E-state index contributed by atoms with van der Waals surface area (Å²) in [5.41, 5.74) is 0.579. The highest BCUT2D eigenvalue weighted by Crippen LogP contribution is 2.45. The molecule has 0 saturated carbocycles. The number of aryl methyl sites for hydroxylation is 1. The number of nitrogens with zero attached hydrogens (tertiary/aromatic N) is 7. The lowest BCUT2D eigenvalue weighted by atomic mass is 9.99. The predicted molar refractivity (Wildman–Crippen MR) is 191 cm³/mol. The van der Waals surface area contributed by atoms with Crippen LogP contribution in [0.1, 0.15) is 28.0 Å². The Hall–Kier alpha value is -6.87.